The summed E-state index contributed by atoms with van der Waals surface area (Å²) in [5, 5.41) is 0. The predicted octanol–water partition coefficient (Wildman–Crippen LogP) is 6.64. The molecule has 5 atom stereocenters. The second-order valence-electron chi connectivity index (χ2n) is 10.3. The van der Waals surface area contributed by atoms with Gasteiger partial charge >= 0.3 is 0 Å². The molecule has 3 aliphatic carbocycles. The topological polar surface area (TPSA) is 21.8 Å². The Hall–Kier alpha value is -0.383. The van der Waals surface area contributed by atoms with Gasteiger partial charge in [0.25, 0.3) is 0 Å². The van der Waals surface area contributed by atoms with Crippen molar-refractivity contribution in [3.05, 3.63) is 23.8 Å². The molecule has 0 unspecified atom stereocenters. The van der Waals surface area contributed by atoms with Crippen molar-refractivity contribution in [1.29, 1.82) is 0 Å². The zero-order chi connectivity index (χ0) is 19.5. The molecule has 1 heterocycles. The third kappa shape index (κ3) is 2.71. The third-order valence-corrected chi connectivity index (χ3v) is 13.7. The van der Waals surface area contributed by atoms with E-state index in [1.807, 2.05) is 0 Å². The molecule has 0 radical (unpaired) electrons. The Morgan fingerprint density at radius 1 is 1.15 bits per heavy atom. The Kier molecular flexibility index (Phi) is 4.84. The van der Waals surface area contributed by atoms with Crippen LogP contribution in [0.2, 0.25) is 18.1 Å². The fourth-order valence-corrected chi connectivity index (χ4v) is 9.98. The molecule has 2 nitrogen and oxygen atoms in total. The Labute approximate surface area is 167 Å². The molecule has 2 fully saturated rings. The minimum Gasteiger partial charge on any atom is -0.407 e. The second kappa shape index (κ2) is 6.57. The van der Waals surface area contributed by atoms with Crippen LogP contribution in [-0.2, 0) is 9.16 Å². The number of hydrogen-bond acceptors (Lipinski definition) is 2. The van der Waals surface area contributed by atoms with Crippen molar-refractivity contribution in [2.75, 3.05) is 0 Å². The summed E-state index contributed by atoms with van der Waals surface area (Å²) in [4.78, 5) is 0. The van der Waals surface area contributed by atoms with Crippen LogP contribution in [-0.4, -0.2) is 25.6 Å². The standard InChI is InChI=1S/C24H40O2Si/c1-7-27(8-2,9-3)26-23-13-11-10-12-19(23)17-24-21(25-24)16-20(18(4)5)22(24,6)14-15-23/h10,12,17-18,20-21H,7-9,11,13-16H2,1-6H3/t20-,21+,22-,23+,24+/m1/s1. The molecule has 0 aromatic carbocycles. The monoisotopic (exact) mass is 388 g/mol. The summed E-state index contributed by atoms with van der Waals surface area (Å²) in [6, 6.07) is 3.69. The maximum atomic E-state index is 7.33. The van der Waals surface area contributed by atoms with E-state index in [9.17, 15) is 0 Å². The summed E-state index contributed by atoms with van der Waals surface area (Å²) in [7, 11) is -1.67. The lowest BCUT2D eigenvalue weighted by molar-refractivity contribution is 0.0162. The van der Waals surface area contributed by atoms with Crippen LogP contribution >= 0.6 is 0 Å². The molecule has 1 saturated heterocycles. The van der Waals surface area contributed by atoms with Gasteiger partial charge in [0.1, 0.15) is 5.60 Å². The highest BCUT2D eigenvalue weighted by atomic mass is 28.4. The van der Waals surface area contributed by atoms with Gasteiger partial charge < -0.3 is 9.16 Å². The quantitative estimate of drug-likeness (QED) is 0.376. The van der Waals surface area contributed by atoms with E-state index in [1.165, 1.54) is 43.0 Å². The van der Waals surface area contributed by atoms with Crippen LogP contribution in [0.15, 0.2) is 23.8 Å². The van der Waals surface area contributed by atoms with Gasteiger partial charge in [-0.05, 0) is 73.7 Å². The molecule has 4 rings (SSSR count). The van der Waals surface area contributed by atoms with Crippen molar-refractivity contribution in [1.82, 2.24) is 0 Å². The van der Waals surface area contributed by atoms with E-state index in [2.05, 4.69) is 59.8 Å². The molecule has 3 heteroatoms. The average molecular weight is 389 g/mol. The van der Waals surface area contributed by atoms with Gasteiger partial charge in [-0.2, -0.15) is 0 Å². The van der Waals surface area contributed by atoms with E-state index in [0.717, 1.165) is 24.7 Å². The second-order valence-corrected chi connectivity index (χ2v) is 15.0. The Balaban J connectivity index is 1.75. The molecule has 0 aromatic rings. The van der Waals surface area contributed by atoms with E-state index < -0.39 is 8.32 Å². The molecule has 152 valence electrons. The Morgan fingerprint density at radius 2 is 1.85 bits per heavy atom. The molecule has 27 heavy (non-hydrogen) atoms. The smallest absolute Gasteiger partial charge is 0.193 e. The lowest BCUT2D eigenvalue weighted by Gasteiger charge is -2.45. The van der Waals surface area contributed by atoms with E-state index in [1.54, 1.807) is 0 Å². The first-order valence-corrected chi connectivity index (χ1v) is 14.1. The number of epoxide rings is 1. The van der Waals surface area contributed by atoms with Crippen molar-refractivity contribution >= 4 is 8.32 Å². The molecule has 0 N–H and O–H groups in total. The normalized spacial score (nSPS) is 43.0. The van der Waals surface area contributed by atoms with Gasteiger partial charge in [-0.15, -0.1) is 0 Å². The predicted molar refractivity (Wildman–Crippen MR) is 115 cm³/mol. The fraction of sp³-hybridized carbons (Fsp3) is 0.833. The number of ether oxygens (including phenoxy) is 1. The van der Waals surface area contributed by atoms with E-state index in [0.29, 0.717) is 6.10 Å². The van der Waals surface area contributed by atoms with Gasteiger partial charge in [0.15, 0.2) is 8.32 Å². The lowest BCUT2D eigenvalue weighted by atomic mass is 9.66. The Bertz CT molecular complexity index is 641. The number of fused-ring (bicyclic) bond motifs is 1. The first kappa shape index (κ1) is 19.9. The van der Waals surface area contributed by atoms with Crippen LogP contribution in [0, 0.1) is 17.3 Å². The van der Waals surface area contributed by atoms with Crippen LogP contribution in [0.1, 0.15) is 73.6 Å². The van der Waals surface area contributed by atoms with Gasteiger partial charge in [0, 0.05) is 5.41 Å². The van der Waals surface area contributed by atoms with Gasteiger partial charge in [0.2, 0.25) is 0 Å². The van der Waals surface area contributed by atoms with Crippen LogP contribution in [0.25, 0.3) is 0 Å². The van der Waals surface area contributed by atoms with Crippen LogP contribution in [0.5, 0.6) is 0 Å². The Morgan fingerprint density at radius 3 is 2.48 bits per heavy atom. The van der Waals surface area contributed by atoms with Crippen LogP contribution in [0.4, 0.5) is 0 Å². The first-order valence-electron chi connectivity index (χ1n) is 11.6. The SMILES string of the molecule is CC[Si](CC)(CC)O[C@]12CCC=CC1=C[C@]13O[C@H]1C[C@H](C(C)C)[C@@]3(C)CC2. The molecule has 4 aliphatic rings. The van der Waals surface area contributed by atoms with E-state index in [4.69, 9.17) is 9.16 Å². The third-order valence-electron chi connectivity index (χ3n) is 9.04. The van der Waals surface area contributed by atoms with Crippen molar-refractivity contribution in [2.45, 2.75) is 109 Å². The number of rotatable bonds is 6. The highest BCUT2D eigenvalue weighted by molar-refractivity contribution is 6.73. The molecule has 0 amide bonds. The molecule has 0 aromatic heterocycles. The van der Waals surface area contributed by atoms with Gasteiger partial charge in [-0.3, -0.25) is 0 Å². The summed E-state index contributed by atoms with van der Waals surface area (Å²) >= 11 is 0. The van der Waals surface area contributed by atoms with E-state index >= 15 is 0 Å². The lowest BCUT2D eigenvalue weighted by Crippen LogP contribution is -2.49. The van der Waals surface area contributed by atoms with Gasteiger partial charge in [-0.25, -0.2) is 0 Å². The van der Waals surface area contributed by atoms with Crippen molar-refractivity contribution in [3.63, 3.8) is 0 Å². The molecule has 1 spiro atoms. The highest BCUT2D eigenvalue weighted by Crippen LogP contribution is 2.70. The average Bonchev–Trinajstić information content (AvgIpc) is 3.34. The maximum Gasteiger partial charge on any atom is 0.193 e. The van der Waals surface area contributed by atoms with Gasteiger partial charge in [0.05, 0.1) is 11.7 Å². The summed E-state index contributed by atoms with van der Waals surface area (Å²) in [6.45, 7) is 14.4. The summed E-state index contributed by atoms with van der Waals surface area (Å²) in [5.41, 5.74) is 1.65. The summed E-state index contributed by atoms with van der Waals surface area (Å²) in [5.74, 6) is 1.49. The van der Waals surface area contributed by atoms with Crippen molar-refractivity contribution in [2.24, 2.45) is 17.3 Å². The zero-order valence-corrected chi connectivity index (χ0v) is 19.4. The van der Waals surface area contributed by atoms with Crippen LogP contribution in [0.3, 0.4) is 0 Å². The zero-order valence-electron chi connectivity index (χ0n) is 18.4. The van der Waals surface area contributed by atoms with Crippen LogP contribution < -0.4 is 0 Å². The fourth-order valence-electron chi connectivity index (χ4n) is 6.89. The summed E-state index contributed by atoms with van der Waals surface area (Å²) < 4.78 is 13.8. The summed E-state index contributed by atoms with van der Waals surface area (Å²) in [6.07, 6.45) is 13.7. The highest BCUT2D eigenvalue weighted by Gasteiger charge is 2.74. The molecule has 1 saturated carbocycles. The van der Waals surface area contributed by atoms with Gasteiger partial charge in [-0.1, -0.05) is 53.7 Å². The molecule has 0 bridgehead atoms. The number of allylic oxidation sites excluding steroid dienone is 1. The molecular formula is C24H40O2Si. The first-order chi connectivity index (χ1) is 12.8. The molecule has 1 aliphatic heterocycles. The molecular weight excluding hydrogens is 348 g/mol. The van der Waals surface area contributed by atoms with E-state index in [-0.39, 0.29) is 16.6 Å². The maximum absolute atomic E-state index is 7.33. The minimum atomic E-state index is -1.67. The number of hydrogen-bond donors (Lipinski definition) is 0. The minimum absolute atomic E-state index is 0.0150. The largest absolute Gasteiger partial charge is 0.407 e. The van der Waals surface area contributed by atoms with Crippen molar-refractivity contribution < 1.29 is 9.16 Å². The van der Waals surface area contributed by atoms with Crippen molar-refractivity contribution in [3.8, 4) is 0 Å².